The van der Waals surface area contributed by atoms with E-state index in [1.807, 2.05) is 30.3 Å². The third-order valence-corrected chi connectivity index (χ3v) is 3.21. The molecule has 1 aliphatic rings. The first-order valence-electron chi connectivity index (χ1n) is 5.75. The second-order valence-electron chi connectivity index (χ2n) is 4.32. The predicted molar refractivity (Wildman–Crippen MR) is 67.5 cm³/mol. The number of aromatic carboxylic acids is 1. The maximum Gasteiger partial charge on any atom is 0.337 e. The fourth-order valence-electron chi connectivity index (χ4n) is 2.31. The summed E-state index contributed by atoms with van der Waals surface area (Å²) in [5.41, 5.74) is 3.29. The quantitative estimate of drug-likeness (QED) is 0.875. The second-order valence-corrected chi connectivity index (χ2v) is 4.32. The smallest absolute Gasteiger partial charge is 0.337 e. The third-order valence-electron chi connectivity index (χ3n) is 3.21. The van der Waals surface area contributed by atoms with Gasteiger partial charge in [-0.15, -0.1) is 0 Å². The molecule has 0 spiro atoms. The highest BCUT2D eigenvalue weighted by molar-refractivity contribution is 5.89. The van der Waals surface area contributed by atoms with E-state index in [4.69, 9.17) is 5.11 Å². The van der Waals surface area contributed by atoms with Crippen LogP contribution in [0.1, 0.15) is 21.5 Å². The molecule has 1 aliphatic heterocycles. The van der Waals surface area contributed by atoms with E-state index < -0.39 is 5.97 Å². The Hall–Kier alpha value is -2.36. The molecule has 0 saturated carbocycles. The van der Waals surface area contributed by atoms with Crippen LogP contribution < -0.4 is 4.90 Å². The summed E-state index contributed by atoms with van der Waals surface area (Å²) in [7, 11) is 0. The van der Waals surface area contributed by atoms with Crippen molar-refractivity contribution < 1.29 is 9.90 Å². The third kappa shape index (κ3) is 1.72. The molecule has 18 heavy (non-hydrogen) atoms. The van der Waals surface area contributed by atoms with E-state index in [1.165, 1.54) is 6.20 Å². The largest absolute Gasteiger partial charge is 0.478 e. The van der Waals surface area contributed by atoms with Crippen molar-refractivity contribution in [1.82, 2.24) is 4.98 Å². The van der Waals surface area contributed by atoms with Crippen molar-refractivity contribution in [1.29, 1.82) is 0 Å². The molecule has 1 N–H and O–H groups in total. The van der Waals surface area contributed by atoms with Crippen LogP contribution in [0.2, 0.25) is 0 Å². The molecule has 0 saturated heterocycles. The molecule has 0 bridgehead atoms. The van der Waals surface area contributed by atoms with Crippen LogP contribution in [0.5, 0.6) is 0 Å². The van der Waals surface area contributed by atoms with E-state index in [2.05, 4.69) is 9.88 Å². The Balaban J connectivity index is 1.97. The second kappa shape index (κ2) is 4.14. The predicted octanol–water partition coefficient (Wildman–Crippen LogP) is 2.30. The first-order valence-corrected chi connectivity index (χ1v) is 5.75. The van der Waals surface area contributed by atoms with Gasteiger partial charge in [-0.2, -0.15) is 0 Å². The minimum atomic E-state index is -0.908. The van der Waals surface area contributed by atoms with Gasteiger partial charge in [0, 0.05) is 31.2 Å². The minimum Gasteiger partial charge on any atom is -0.478 e. The van der Waals surface area contributed by atoms with Crippen molar-refractivity contribution in [2.75, 3.05) is 4.90 Å². The number of carbonyl (C=O) groups is 1. The topological polar surface area (TPSA) is 53.4 Å². The summed E-state index contributed by atoms with van der Waals surface area (Å²) in [6, 6.07) is 9.99. The van der Waals surface area contributed by atoms with Crippen molar-refractivity contribution in [3.05, 3.63) is 59.4 Å². The molecule has 4 heteroatoms. The maximum atomic E-state index is 11.1. The van der Waals surface area contributed by atoms with Crippen LogP contribution in [0.15, 0.2) is 42.7 Å². The van der Waals surface area contributed by atoms with Crippen LogP contribution in [-0.4, -0.2) is 16.1 Å². The van der Waals surface area contributed by atoms with E-state index in [0.29, 0.717) is 18.7 Å². The Kier molecular flexibility index (Phi) is 2.48. The number of carboxylic acid groups (broad SMARTS) is 1. The monoisotopic (exact) mass is 240 g/mol. The molecule has 0 radical (unpaired) electrons. The molecule has 2 heterocycles. The van der Waals surface area contributed by atoms with Crippen LogP contribution in [0.3, 0.4) is 0 Å². The molecule has 3 rings (SSSR count). The number of pyridine rings is 1. The van der Waals surface area contributed by atoms with Crippen LogP contribution in [0.4, 0.5) is 5.69 Å². The van der Waals surface area contributed by atoms with Gasteiger partial charge < -0.3 is 10.0 Å². The van der Waals surface area contributed by atoms with Gasteiger partial charge in [-0.1, -0.05) is 18.2 Å². The lowest BCUT2D eigenvalue weighted by Crippen LogP contribution is -2.14. The number of rotatable bonds is 2. The van der Waals surface area contributed by atoms with Crippen LogP contribution in [0, 0.1) is 0 Å². The van der Waals surface area contributed by atoms with Gasteiger partial charge in [0.15, 0.2) is 0 Å². The average Bonchev–Trinajstić information content (AvgIpc) is 2.83. The summed E-state index contributed by atoms with van der Waals surface area (Å²) >= 11 is 0. The highest BCUT2D eigenvalue weighted by atomic mass is 16.4. The van der Waals surface area contributed by atoms with E-state index >= 15 is 0 Å². The lowest BCUT2D eigenvalue weighted by molar-refractivity contribution is 0.0695. The van der Waals surface area contributed by atoms with Crippen LogP contribution in [0.25, 0.3) is 0 Å². The zero-order valence-corrected chi connectivity index (χ0v) is 9.71. The summed E-state index contributed by atoms with van der Waals surface area (Å²) in [5.74, 6) is -0.908. The normalized spacial score (nSPS) is 13.4. The zero-order chi connectivity index (χ0) is 12.5. The van der Waals surface area contributed by atoms with E-state index in [-0.39, 0.29) is 0 Å². The van der Waals surface area contributed by atoms with E-state index in [1.54, 1.807) is 6.20 Å². The SMILES string of the molecule is O=C(O)c1cncc2c1CN(c1ccccc1)C2. The Morgan fingerprint density at radius 2 is 1.94 bits per heavy atom. The summed E-state index contributed by atoms with van der Waals surface area (Å²) in [4.78, 5) is 17.3. The number of hydrogen-bond acceptors (Lipinski definition) is 3. The Morgan fingerprint density at radius 1 is 1.17 bits per heavy atom. The van der Waals surface area contributed by atoms with Gasteiger partial charge in [0.05, 0.1) is 5.56 Å². The standard InChI is InChI=1S/C14H12N2O2/c17-14(18)12-7-15-6-10-8-16(9-13(10)12)11-4-2-1-3-5-11/h1-7H,8-9H2,(H,17,18). The first-order chi connectivity index (χ1) is 8.75. The average molecular weight is 240 g/mol. The Bertz CT molecular complexity index is 596. The number of aromatic nitrogens is 1. The minimum absolute atomic E-state index is 0.311. The van der Waals surface area contributed by atoms with E-state index in [0.717, 1.165) is 16.8 Å². The maximum absolute atomic E-state index is 11.1. The molecule has 90 valence electrons. The number of anilines is 1. The van der Waals surface area contributed by atoms with Crippen molar-refractivity contribution in [2.45, 2.75) is 13.1 Å². The van der Waals surface area contributed by atoms with E-state index in [9.17, 15) is 4.79 Å². The van der Waals surface area contributed by atoms with Gasteiger partial charge in [-0.25, -0.2) is 4.79 Å². The molecule has 0 atom stereocenters. The number of carboxylic acids is 1. The molecule has 2 aromatic rings. The number of fused-ring (bicyclic) bond motifs is 1. The Morgan fingerprint density at radius 3 is 2.67 bits per heavy atom. The van der Waals surface area contributed by atoms with Crippen LogP contribution >= 0.6 is 0 Å². The van der Waals surface area contributed by atoms with Gasteiger partial charge >= 0.3 is 5.97 Å². The van der Waals surface area contributed by atoms with Crippen molar-refractivity contribution >= 4 is 11.7 Å². The van der Waals surface area contributed by atoms with Gasteiger partial charge in [-0.05, 0) is 23.3 Å². The highest BCUT2D eigenvalue weighted by Crippen LogP contribution is 2.29. The number of nitrogens with zero attached hydrogens (tertiary/aromatic N) is 2. The fraction of sp³-hybridized carbons (Fsp3) is 0.143. The number of hydrogen-bond donors (Lipinski definition) is 1. The molecule has 0 amide bonds. The summed E-state index contributed by atoms with van der Waals surface area (Å²) in [6.45, 7) is 1.34. The first kappa shape index (κ1) is 10.8. The molecule has 1 aromatic carbocycles. The molecule has 1 aromatic heterocycles. The summed E-state index contributed by atoms with van der Waals surface area (Å²) in [6.07, 6.45) is 3.18. The number of benzene rings is 1. The van der Waals surface area contributed by atoms with Crippen molar-refractivity contribution in [2.24, 2.45) is 0 Å². The summed E-state index contributed by atoms with van der Waals surface area (Å²) in [5, 5.41) is 9.15. The van der Waals surface area contributed by atoms with Gasteiger partial charge in [-0.3, -0.25) is 4.98 Å². The van der Waals surface area contributed by atoms with Crippen molar-refractivity contribution in [3.63, 3.8) is 0 Å². The highest BCUT2D eigenvalue weighted by Gasteiger charge is 2.24. The molecule has 4 nitrogen and oxygen atoms in total. The number of para-hydroxylation sites is 1. The fourth-order valence-corrected chi connectivity index (χ4v) is 2.31. The van der Waals surface area contributed by atoms with Gasteiger partial charge in [0.25, 0.3) is 0 Å². The molecular formula is C14H12N2O2. The summed E-state index contributed by atoms with van der Waals surface area (Å²) < 4.78 is 0. The lowest BCUT2D eigenvalue weighted by Gasteiger charge is -2.17. The zero-order valence-electron chi connectivity index (χ0n) is 9.71. The molecular weight excluding hydrogens is 228 g/mol. The van der Waals surface area contributed by atoms with Crippen LogP contribution in [-0.2, 0) is 13.1 Å². The van der Waals surface area contributed by atoms with Gasteiger partial charge in [0.1, 0.15) is 0 Å². The molecule has 0 fully saturated rings. The van der Waals surface area contributed by atoms with Gasteiger partial charge in [0.2, 0.25) is 0 Å². The molecule has 0 aliphatic carbocycles. The lowest BCUT2D eigenvalue weighted by atomic mass is 10.1. The van der Waals surface area contributed by atoms with Crippen molar-refractivity contribution in [3.8, 4) is 0 Å². The molecule has 0 unspecified atom stereocenters. The Labute approximate surface area is 105 Å².